The van der Waals surface area contributed by atoms with Crippen LogP contribution in [0.25, 0.3) is 0 Å². The molecule has 3 heterocycles. The van der Waals surface area contributed by atoms with Crippen molar-refractivity contribution in [2.45, 2.75) is 25.8 Å². The molecule has 0 aromatic carbocycles. The predicted octanol–water partition coefficient (Wildman–Crippen LogP) is -0.0586. The van der Waals surface area contributed by atoms with E-state index in [9.17, 15) is 14.4 Å². The summed E-state index contributed by atoms with van der Waals surface area (Å²) in [4.78, 5) is 46.8. The summed E-state index contributed by atoms with van der Waals surface area (Å²) in [5, 5.41) is 2.52. The van der Waals surface area contributed by atoms with Gasteiger partial charge in [0.25, 0.3) is 5.91 Å². The summed E-state index contributed by atoms with van der Waals surface area (Å²) in [6.45, 7) is 2.87. The normalized spacial score (nSPS) is 19.5. The highest BCUT2D eigenvalue weighted by atomic mass is 16.2. The van der Waals surface area contributed by atoms with E-state index in [1.54, 1.807) is 11.1 Å². The van der Waals surface area contributed by atoms with E-state index < -0.39 is 0 Å². The minimum Gasteiger partial charge on any atom is -0.337 e. The maximum Gasteiger partial charge on any atom is 0.324 e. The molecule has 0 bridgehead atoms. The number of rotatable bonds is 2. The van der Waals surface area contributed by atoms with E-state index in [1.807, 2.05) is 6.92 Å². The van der Waals surface area contributed by atoms with Gasteiger partial charge in [0.1, 0.15) is 5.69 Å². The number of piperidine rings is 1. The SMILES string of the molecule is Cc1cnc(C(=O)N2CCC(N3C(=O)CNC3=O)CC2)cn1. The van der Waals surface area contributed by atoms with Gasteiger partial charge in [-0.1, -0.05) is 0 Å². The molecule has 2 fully saturated rings. The first-order valence-electron chi connectivity index (χ1n) is 7.24. The zero-order valence-corrected chi connectivity index (χ0v) is 12.3. The first-order valence-corrected chi connectivity index (χ1v) is 7.24. The van der Waals surface area contributed by atoms with Crippen molar-refractivity contribution in [1.29, 1.82) is 0 Å². The molecule has 0 unspecified atom stereocenters. The van der Waals surface area contributed by atoms with Crippen LogP contribution in [0.3, 0.4) is 0 Å². The second kappa shape index (κ2) is 5.70. The van der Waals surface area contributed by atoms with E-state index in [-0.39, 0.29) is 30.4 Å². The van der Waals surface area contributed by atoms with Gasteiger partial charge < -0.3 is 10.2 Å². The second-order valence-corrected chi connectivity index (χ2v) is 5.49. The summed E-state index contributed by atoms with van der Waals surface area (Å²) in [6.07, 6.45) is 4.21. The van der Waals surface area contributed by atoms with Crippen LogP contribution in [0.15, 0.2) is 12.4 Å². The molecule has 22 heavy (non-hydrogen) atoms. The lowest BCUT2D eigenvalue weighted by Gasteiger charge is -2.35. The van der Waals surface area contributed by atoms with Gasteiger partial charge >= 0.3 is 6.03 Å². The summed E-state index contributed by atoms with van der Waals surface area (Å²) in [6, 6.07) is -0.470. The first-order chi connectivity index (χ1) is 10.6. The third kappa shape index (κ3) is 2.63. The van der Waals surface area contributed by atoms with Crippen LogP contribution in [0.5, 0.6) is 0 Å². The van der Waals surface area contributed by atoms with Gasteiger partial charge in [0.2, 0.25) is 5.91 Å². The number of likely N-dealkylation sites (tertiary alicyclic amines) is 1. The number of carbonyl (C=O) groups is 3. The van der Waals surface area contributed by atoms with Gasteiger partial charge in [-0.25, -0.2) is 9.78 Å². The Balaban J connectivity index is 1.62. The van der Waals surface area contributed by atoms with Gasteiger partial charge in [-0.3, -0.25) is 19.5 Å². The molecular weight excluding hydrogens is 286 g/mol. The number of urea groups is 1. The van der Waals surface area contributed by atoms with Crippen molar-refractivity contribution >= 4 is 17.8 Å². The molecule has 0 aliphatic carbocycles. The molecule has 3 rings (SSSR count). The number of hydrogen-bond acceptors (Lipinski definition) is 5. The number of nitrogens with zero attached hydrogens (tertiary/aromatic N) is 4. The third-order valence-electron chi connectivity index (χ3n) is 4.00. The van der Waals surface area contributed by atoms with Crippen molar-refractivity contribution in [2.24, 2.45) is 0 Å². The molecule has 2 aliphatic heterocycles. The number of nitrogens with one attached hydrogen (secondary N) is 1. The van der Waals surface area contributed by atoms with Gasteiger partial charge in [0.05, 0.1) is 18.4 Å². The largest absolute Gasteiger partial charge is 0.337 e. The highest BCUT2D eigenvalue weighted by molar-refractivity contribution is 6.02. The Morgan fingerprint density at radius 3 is 2.50 bits per heavy atom. The standard InChI is InChI=1S/C14H17N5O3/c1-9-6-16-11(7-15-9)13(21)18-4-2-10(3-5-18)19-12(20)8-17-14(19)22/h6-7,10H,2-5,8H2,1H3,(H,17,22). The Hall–Kier alpha value is -2.51. The molecule has 2 saturated heterocycles. The number of aromatic nitrogens is 2. The van der Waals surface area contributed by atoms with Crippen LogP contribution in [-0.4, -0.2) is 63.3 Å². The average Bonchev–Trinajstić information content (AvgIpc) is 2.86. The molecule has 1 aromatic rings. The topological polar surface area (TPSA) is 95.5 Å². The molecule has 1 aromatic heterocycles. The fourth-order valence-electron chi connectivity index (χ4n) is 2.80. The quantitative estimate of drug-likeness (QED) is 0.772. The Morgan fingerprint density at radius 1 is 1.23 bits per heavy atom. The number of hydrogen-bond donors (Lipinski definition) is 1. The van der Waals surface area contributed by atoms with Crippen molar-refractivity contribution in [3.63, 3.8) is 0 Å². The molecule has 8 nitrogen and oxygen atoms in total. The maximum absolute atomic E-state index is 12.3. The molecule has 4 amide bonds. The van der Waals surface area contributed by atoms with Crippen LogP contribution in [0.4, 0.5) is 4.79 Å². The van der Waals surface area contributed by atoms with Crippen molar-refractivity contribution in [2.75, 3.05) is 19.6 Å². The van der Waals surface area contributed by atoms with Crippen LogP contribution in [0, 0.1) is 6.92 Å². The first kappa shape index (κ1) is 14.4. The summed E-state index contributed by atoms with van der Waals surface area (Å²) < 4.78 is 0. The zero-order valence-electron chi connectivity index (χ0n) is 12.3. The predicted molar refractivity (Wildman–Crippen MR) is 75.9 cm³/mol. The Kier molecular flexibility index (Phi) is 3.74. The van der Waals surface area contributed by atoms with Gasteiger partial charge in [0.15, 0.2) is 0 Å². The van der Waals surface area contributed by atoms with Crippen LogP contribution in [0.1, 0.15) is 29.0 Å². The van der Waals surface area contributed by atoms with Gasteiger partial charge in [-0.2, -0.15) is 0 Å². The lowest BCUT2D eigenvalue weighted by Crippen LogP contribution is -2.49. The number of amides is 4. The van der Waals surface area contributed by atoms with E-state index in [0.717, 1.165) is 5.69 Å². The molecule has 2 aliphatic rings. The second-order valence-electron chi connectivity index (χ2n) is 5.49. The van der Waals surface area contributed by atoms with E-state index in [4.69, 9.17) is 0 Å². The van der Waals surface area contributed by atoms with E-state index in [2.05, 4.69) is 15.3 Å². The van der Waals surface area contributed by atoms with Crippen LogP contribution < -0.4 is 5.32 Å². The van der Waals surface area contributed by atoms with Gasteiger partial charge in [-0.15, -0.1) is 0 Å². The highest BCUT2D eigenvalue weighted by Crippen LogP contribution is 2.20. The molecule has 0 spiro atoms. The van der Waals surface area contributed by atoms with E-state index in [1.165, 1.54) is 11.1 Å². The summed E-state index contributed by atoms with van der Waals surface area (Å²) in [5.41, 5.74) is 1.08. The highest BCUT2D eigenvalue weighted by Gasteiger charge is 2.37. The van der Waals surface area contributed by atoms with Crippen LogP contribution in [0.2, 0.25) is 0 Å². The van der Waals surface area contributed by atoms with Crippen molar-refractivity contribution in [1.82, 2.24) is 25.1 Å². The fourth-order valence-corrected chi connectivity index (χ4v) is 2.80. The van der Waals surface area contributed by atoms with Crippen molar-refractivity contribution in [3.8, 4) is 0 Å². The fraction of sp³-hybridized carbons (Fsp3) is 0.500. The van der Waals surface area contributed by atoms with Gasteiger partial charge in [-0.05, 0) is 19.8 Å². The molecular formula is C14H17N5O3. The molecule has 1 N–H and O–H groups in total. The molecule has 0 radical (unpaired) electrons. The van der Waals surface area contributed by atoms with Crippen molar-refractivity contribution < 1.29 is 14.4 Å². The zero-order chi connectivity index (χ0) is 15.7. The third-order valence-corrected chi connectivity index (χ3v) is 4.00. The average molecular weight is 303 g/mol. The van der Waals surface area contributed by atoms with E-state index >= 15 is 0 Å². The Bertz CT molecular complexity index is 591. The Morgan fingerprint density at radius 2 is 1.95 bits per heavy atom. The van der Waals surface area contributed by atoms with E-state index in [0.29, 0.717) is 31.6 Å². The lowest BCUT2D eigenvalue weighted by molar-refractivity contribution is -0.127. The Labute approximate surface area is 127 Å². The molecule has 116 valence electrons. The van der Waals surface area contributed by atoms with Crippen molar-refractivity contribution in [3.05, 3.63) is 23.8 Å². The minimum atomic E-state index is -0.334. The maximum atomic E-state index is 12.3. The summed E-state index contributed by atoms with van der Waals surface area (Å²) >= 11 is 0. The monoisotopic (exact) mass is 303 g/mol. The van der Waals surface area contributed by atoms with Crippen LogP contribution >= 0.6 is 0 Å². The molecule has 8 heteroatoms. The smallest absolute Gasteiger partial charge is 0.324 e. The molecule has 0 atom stereocenters. The number of carbonyl (C=O) groups excluding carboxylic acids is 3. The lowest BCUT2D eigenvalue weighted by atomic mass is 10.0. The number of aryl methyl sites for hydroxylation is 1. The minimum absolute atomic E-state index is 0.0664. The summed E-state index contributed by atoms with van der Waals surface area (Å²) in [7, 11) is 0. The molecule has 0 saturated carbocycles. The summed E-state index contributed by atoms with van der Waals surface area (Å²) in [5.74, 6) is -0.359. The number of imide groups is 1. The van der Waals surface area contributed by atoms with Gasteiger partial charge in [0, 0.05) is 25.3 Å². The van der Waals surface area contributed by atoms with Crippen LogP contribution in [-0.2, 0) is 4.79 Å².